The number of hydrogen-bond acceptors (Lipinski definition) is 5. The summed E-state index contributed by atoms with van der Waals surface area (Å²) >= 11 is 1.59. The van der Waals surface area contributed by atoms with Gasteiger partial charge in [-0.2, -0.15) is 0 Å². The molecule has 90 valence electrons. The lowest BCUT2D eigenvalue weighted by atomic mass is 10.2. The zero-order chi connectivity index (χ0) is 12.1. The van der Waals surface area contributed by atoms with E-state index in [0.717, 1.165) is 22.9 Å². The Morgan fingerprint density at radius 2 is 2.18 bits per heavy atom. The van der Waals surface area contributed by atoms with Crippen LogP contribution in [0.3, 0.4) is 0 Å². The van der Waals surface area contributed by atoms with Crippen molar-refractivity contribution >= 4 is 17.0 Å². The summed E-state index contributed by atoms with van der Waals surface area (Å²) in [5, 5.41) is 5.29. The SMILES string of the molecule is COc1ccc(OC)c(NCc2cscn2)c1. The summed E-state index contributed by atoms with van der Waals surface area (Å²) in [7, 11) is 3.29. The topological polar surface area (TPSA) is 43.4 Å². The van der Waals surface area contributed by atoms with Crippen LogP contribution in [0.1, 0.15) is 5.69 Å². The average Bonchev–Trinajstić information content (AvgIpc) is 2.89. The number of rotatable bonds is 5. The fourth-order valence-electron chi connectivity index (χ4n) is 1.46. The van der Waals surface area contributed by atoms with Crippen LogP contribution in [0.25, 0.3) is 0 Å². The first kappa shape index (κ1) is 11.7. The minimum absolute atomic E-state index is 0.674. The van der Waals surface area contributed by atoms with Gasteiger partial charge in [0.05, 0.1) is 37.7 Å². The molecular formula is C12H14N2O2S. The number of aromatic nitrogens is 1. The van der Waals surface area contributed by atoms with Crippen LogP contribution in [-0.2, 0) is 6.54 Å². The quantitative estimate of drug-likeness (QED) is 0.886. The van der Waals surface area contributed by atoms with Crippen LogP contribution >= 0.6 is 11.3 Å². The van der Waals surface area contributed by atoms with Gasteiger partial charge in [-0.25, -0.2) is 4.98 Å². The number of nitrogens with zero attached hydrogens (tertiary/aromatic N) is 1. The number of benzene rings is 1. The number of anilines is 1. The largest absolute Gasteiger partial charge is 0.497 e. The zero-order valence-electron chi connectivity index (χ0n) is 9.77. The predicted octanol–water partition coefficient (Wildman–Crippen LogP) is 2.77. The van der Waals surface area contributed by atoms with Gasteiger partial charge in [0.25, 0.3) is 0 Å². The Labute approximate surface area is 104 Å². The molecule has 0 fully saturated rings. The molecule has 2 rings (SSSR count). The second kappa shape index (κ2) is 5.54. The molecule has 0 aliphatic carbocycles. The van der Waals surface area contributed by atoms with Crippen LogP contribution in [0, 0.1) is 0 Å². The van der Waals surface area contributed by atoms with Crippen LogP contribution in [-0.4, -0.2) is 19.2 Å². The monoisotopic (exact) mass is 250 g/mol. The Morgan fingerprint density at radius 3 is 2.82 bits per heavy atom. The van der Waals surface area contributed by atoms with Crippen molar-refractivity contribution in [3.8, 4) is 11.5 Å². The van der Waals surface area contributed by atoms with Crippen LogP contribution in [0.2, 0.25) is 0 Å². The van der Waals surface area contributed by atoms with E-state index in [2.05, 4.69) is 10.3 Å². The molecule has 1 aromatic heterocycles. The summed E-state index contributed by atoms with van der Waals surface area (Å²) in [5.74, 6) is 1.59. The first-order chi connectivity index (χ1) is 8.33. The maximum absolute atomic E-state index is 5.28. The van der Waals surface area contributed by atoms with Crippen molar-refractivity contribution < 1.29 is 9.47 Å². The number of hydrogen-bond donors (Lipinski definition) is 1. The van der Waals surface area contributed by atoms with Crippen molar-refractivity contribution in [2.75, 3.05) is 19.5 Å². The van der Waals surface area contributed by atoms with Crippen molar-refractivity contribution in [1.29, 1.82) is 0 Å². The Kier molecular flexibility index (Phi) is 3.82. The Hall–Kier alpha value is -1.75. The maximum Gasteiger partial charge on any atom is 0.142 e. The van der Waals surface area contributed by atoms with E-state index < -0.39 is 0 Å². The van der Waals surface area contributed by atoms with Gasteiger partial charge >= 0.3 is 0 Å². The van der Waals surface area contributed by atoms with E-state index in [4.69, 9.17) is 9.47 Å². The minimum atomic E-state index is 0.674. The molecule has 0 saturated heterocycles. The van der Waals surface area contributed by atoms with Gasteiger partial charge in [0.1, 0.15) is 11.5 Å². The van der Waals surface area contributed by atoms with Crippen LogP contribution in [0.4, 0.5) is 5.69 Å². The molecule has 0 spiro atoms. The van der Waals surface area contributed by atoms with E-state index >= 15 is 0 Å². The molecule has 0 aliphatic heterocycles. The molecule has 2 aromatic rings. The van der Waals surface area contributed by atoms with Crippen molar-refractivity contribution in [2.45, 2.75) is 6.54 Å². The average molecular weight is 250 g/mol. The van der Waals surface area contributed by atoms with Gasteiger partial charge in [0.2, 0.25) is 0 Å². The molecule has 1 N–H and O–H groups in total. The van der Waals surface area contributed by atoms with Crippen molar-refractivity contribution in [3.05, 3.63) is 34.8 Å². The van der Waals surface area contributed by atoms with Crippen LogP contribution in [0.15, 0.2) is 29.1 Å². The van der Waals surface area contributed by atoms with Gasteiger partial charge in [-0.1, -0.05) is 0 Å². The Bertz CT molecular complexity index is 471. The smallest absolute Gasteiger partial charge is 0.142 e. The van der Waals surface area contributed by atoms with Crippen molar-refractivity contribution in [3.63, 3.8) is 0 Å². The van der Waals surface area contributed by atoms with Crippen LogP contribution in [0.5, 0.6) is 11.5 Å². The summed E-state index contributed by atoms with van der Waals surface area (Å²) in [6.45, 7) is 0.674. The fourth-order valence-corrected chi connectivity index (χ4v) is 2.02. The second-order valence-electron chi connectivity index (χ2n) is 3.40. The highest BCUT2D eigenvalue weighted by Gasteiger charge is 2.05. The summed E-state index contributed by atoms with van der Waals surface area (Å²) in [5.41, 5.74) is 3.74. The number of ether oxygens (including phenoxy) is 2. The van der Waals surface area contributed by atoms with Gasteiger partial charge in [-0.05, 0) is 12.1 Å². The number of nitrogens with one attached hydrogen (secondary N) is 1. The summed E-state index contributed by atoms with van der Waals surface area (Å²) in [4.78, 5) is 4.21. The van der Waals surface area contributed by atoms with Gasteiger partial charge in [-0.15, -0.1) is 11.3 Å². The molecule has 4 nitrogen and oxygen atoms in total. The Morgan fingerprint density at radius 1 is 1.29 bits per heavy atom. The van der Waals surface area contributed by atoms with E-state index in [-0.39, 0.29) is 0 Å². The molecule has 1 heterocycles. The van der Waals surface area contributed by atoms with Gasteiger partial charge < -0.3 is 14.8 Å². The molecule has 0 saturated carbocycles. The molecule has 0 amide bonds. The molecule has 5 heteroatoms. The van der Waals surface area contributed by atoms with E-state index in [0.29, 0.717) is 6.54 Å². The Balaban J connectivity index is 2.12. The third-order valence-corrected chi connectivity index (χ3v) is 2.99. The third-order valence-electron chi connectivity index (χ3n) is 2.35. The minimum Gasteiger partial charge on any atom is -0.497 e. The lowest BCUT2D eigenvalue weighted by Gasteiger charge is -2.11. The summed E-state index contributed by atoms with van der Waals surface area (Å²) in [6, 6.07) is 5.65. The van der Waals surface area contributed by atoms with E-state index in [1.807, 2.05) is 29.1 Å². The zero-order valence-corrected chi connectivity index (χ0v) is 10.6. The number of methoxy groups -OCH3 is 2. The molecule has 0 aliphatic rings. The van der Waals surface area contributed by atoms with Crippen LogP contribution < -0.4 is 14.8 Å². The highest BCUT2D eigenvalue weighted by Crippen LogP contribution is 2.29. The predicted molar refractivity (Wildman–Crippen MR) is 69.0 cm³/mol. The van der Waals surface area contributed by atoms with Gasteiger partial charge in [0, 0.05) is 11.4 Å². The molecule has 1 aromatic carbocycles. The number of thiazole rings is 1. The first-order valence-electron chi connectivity index (χ1n) is 5.16. The molecule has 17 heavy (non-hydrogen) atoms. The van der Waals surface area contributed by atoms with Gasteiger partial charge in [0.15, 0.2) is 0 Å². The highest BCUT2D eigenvalue weighted by atomic mass is 32.1. The molecule has 0 radical (unpaired) electrons. The molecule has 0 atom stereocenters. The molecular weight excluding hydrogens is 236 g/mol. The van der Waals surface area contributed by atoms with Gasteiger partial charge in [-0.3, -0.25) is 0 Å². The fraction of sp³-hybridized carbons (Fsp3) is 0.250. The van der Waals surface area contributed by atoms with Crippen molar-refractivity contribution in [2.24, 2.45) is 0 Å². The van der Waals surface area contributed by atoms with E-state index in [1.54, 1.807) is 25.6 Å². The standard InChI is InChI=1S/C12H14N2O2S/c1-15-10-3-4-12(16-2)11(5-10)13-6-9-7-17-8-14-9/h3-5,7-8,13H,6H2,1-2H3. The third kappa shape index (κ3) is 2.88. The molecule has 0 unspecified atom stereocenters. The summed E-state index contributed by atoms with van der Waals surface area (Å²) < 4.78 is 10.5. The lowest BCUT2D eigenvalue weighted by molar-refractivity contribution is 0.404. The van der Waals surface area contributed by atoms with Crippen molar-refractivity contribution in [1.82, 2.24) is 4.98 Å². The second-order valence-corrected chi connectivity index (χ2v) is 4.12. The highest BCUT2D eigenvalue weighted by molar-refractivity contribution is 7.07. The van der Waals surface area contributed by atoms with E-state index in [9.17, 15) is 0 Å². The molecule has 0 bridgehead atoms. The maximum atomic E-state index is 5.28. The summed E-state index contributed by atoms with van der Waals surface area (Å²) in [6.07, 6.45) is 0. The van der Waals surface area contributed by atoms with E-state index in [1.165, 1.54) is 0 Å². The lowest BCUT2D eigenvalue weighted by Crippen LogP contribution is -2.01. The normalized spacial score (nSPS) is 10.0. The first-order valence-corrected chi connectivity index (χ1v) is 6.10.